The number of carbonyl (C=O) groups excluding carboxylic acids is 2. The molecule has 2 aliphatic rings. The van der Waals surface area contributed by atoms with Crippen LogP contribution in [0, 0.1) is 17.3 Å². The Morgan fingerprint density at radius 2 is 1.95 bits per heavy atom. The highest BCUT2D eigenvalue weighted by Gasteiger charge is 2.57. The van der Waals surface area contributed by atoms with Crippen molar-refractivity contribution in [3.63, 3.8) is 0 Å². The Morgan fingerprint density at radius 1 is 1.30 bits per heavy atom. The summed E-state index contributed by atoms with van der Waals surface area (Å²) in [7, 11) is 1.36. The fraction of sp³-hybridized carbons (Fsp3) is 0.875. The maximum atomic E-state index is 12.1. The first-order valence-electron chi connectivity index (χ1n) is 7.47. The fourth-order valence-electron chi connectivity index (χ4n) is 3.94. The Hall–Kier alpha value is -0.900. The van der Waals surface area contributed by atoms with Gasteiger partial charge in [-0.05, 0) is 51.4 Å². The van der Waals surface area contributed by atoms with E-state index in [4.69, 9.17) is 9.47 Å². The van der Waals surface area contributed by atoms with Crippen molar-refractivity contribution in [2.24, 2.45) is 17.3 Å². The van der Waals surface area contributed by atoms with Crippen LogP contribution in [0.1, 0.15) is 53.4 Å². The Bertz CT molecular complexity index is 401. The molecule has 2 saturated carbocycles. The summed E-state index contributed by atoms with van der Waals surface area (Å²) in [4.78, 5) is 24.1. The SMILES string of the molecule is COC(=O)C1C(=O)CCC2(C)C(OC(C)(C)C)CCC12. The predicted octanol–water partition coefficient (Wildman–Crippen LogP) is 2.74. The van der Waals surface area contributed by atoms with Gasteiger partial charge in [-0.1, -0.05) is 6.92 Å². The summed E-state index contributed by atoms with van der Waals surface area (Å²) < 4.78 is 11.1. The molecule has 0 amide bonds. The van der Waals surface area contributed by atoms with Crippen LogP contribution < -0.4 is 0 Å². The average molecular weight is 282 g/mol. The fourth-order valence-corrected chi connectivity index (χ4v) is 3.94. The Kier molecular flexibility index (Phi) is 3.98. The van der Waals surface area contributed by atoms with E-state index in [9.17, 15) is 9.59 Å². The molecule has 2 fully saturated rings. The third-order valence-corrected chi connectivity index (χ3v) is 4.93. The van der Waals surface area contributed by atoms with Crippen molar-refractivity contribution in [1.29, 1.82) is 0 Å². The summed E-state index contributed by atoms with van der Waals surface area (Å²) >= 11 is 0. The monoisotopic (exact) mass is 282 g/mol. The van der Waals surface area contributed by atoms with E-state index in [1.165, 1.54) is 7.11 Å². The van der Waals surface area contributed by atoms with Crippen LogP contribution in [0.4, 0.5) is 0 Å². The van der Waals surface area contributed by atoms with Crippen LogP contribution in [-0.2, 0) is 19.1 Å². The molecule has 0 heterocycles. The first-order valence-corrected chi connectivity index (χ1v) is 7.47. The number of rotatable bonds is 2. The van der Waals surface area contributed by atoms with Crippen LogP contribution in [0.25, 0.3) is 0 Å². The molecule has 0 saturated heterocycles. The zero-order valence-electron chi connectivity index (χ0n) is 13.2. The van der Waals surface area contributed by atoms with E-state index in [-0.39, 0.29) is 34.8 Å². The smallest absolute Gasteiger partial charge is 0.316 e. The number of methoxy groups -OCH3 is 1. The largest absolute Gasteiger partial charge is 0.468 e. The van der Waals surface area contributed by atoms with E-state index in [2.05, 4.69) is 27.7 Å². The molecule has 4 nitrogen and oxygen atoms in total. The lowest BCUT2D eigenvalue weighted by molar-refractivity contribution is -0.162. The minimum Gasteiger partial charge on any atom is -0.468 e. The van der Waals surface area contributed by atoms with Crippen molar-refractivity contribution >= 4 is 11.8 Å². The topological polar surface area (TPSA) is 52.6 Å². The van der Waals surface area contributed by atoms with Gasteiger partial charge >= 0.3 is 5.97 Å². The van der Waals surface area contributed by atoms with Gasteiger partial charge in [0.15, 0.2) is 0 Å². The molecule has 0 N–H and O–H groups in total. The molecule has 0 spiro atoms. The normalized spacial score (nSPS) is 37.6. The van der Waals surface area contributed by atoms with Crippen molar-refractivity contribution in [2.45, 2.75) is 65.1 Å². The molecule has 2 rings (SSSR count). The van der Waals surface area contributed by atoms with Crippen molar-refractivity contribution in [1.82, 2.24) is 0 Å². The quantitative estimate of drug-likeness (QED) is 0.577. The summed E-state index contributed by atoms with van der Waals surface area (Å²) in [6, 6.07) is 0. The Labute approximate surface area is 121 Å². The number of carbonyl (C=O) groups is 2. The third kappa shape index (κ3) is 2.62. The van der Waals surface area contributed by atoms with Crippen molar-refractivity contribution in [3.05, 3.63) is 0 Å². The highest BCUT2D eigenvalue weighted by Crippen LogP contribution is 2.55. The van der Waals surface area contributed by atoms with Gasteiger partial charge in [0.25, 0.3) is 0 Å². The lowest BCUT2D eigenvalue weighted by atomic mass is 9.63. The highest BCUT2D eigenvalue weighted by atomic mass is 16.5. The zero-order valence-corrected chi connectivity index (χ0v) is 13.2. The molecular weight excluding hydrogens is 256 g/mol. The van der Waals surface area contributed by atoms with Crippen LogP contribution >= 0.6 is 0 Å². The number of fused-ring (bicyclic) bond motifs is 1. The number of ether oxygens (including phenoxy) is 2. The molecule has 4 atom stereocenters. The van der Waals surface area contributed by atoms with E-state index in [1.807, 2.05) is 0 Å². The van der Waals surface area contributed by atoms with Crippen LogP contribution in [0.15, 0.2) is 0 Å². The molecule has 4 unspecified atom stereocenters. The van der Waals surface area contributed by atoms with Crippen LogP contribution in [0.2, 0.25) is 0 Å². The number of hydrogen-bond donors (Lipinski definition) is 0. The molecule has 0 radical (unpaired) electrons. The van der Waals surface area contributed by atoms with Crippen LogP contribution in [-0.4, -0.2) is 30.6 Å². The van der Waals surface area contributed by atoms with E-state index >= 15 is 0 Å². The number of ketones is 1. The second-order valence-electron chi connectivity index (χ2n) is 7.38. The Balaban J connectivity index is 2.24. The summed E-state index contributed by atoms with van der Waals surface area (Å²) in [6.07, 6.45) is 3.16. The van der Waals surface area contributed by atoms with E-state index in [0.717, 1.165) is 19.3 Å². The maximum Gasteiger partial charge on any atom is 0.316 e. The molecule has 114 valence electrons. The van der Waals surface area contributed by atoms with Crippen molar-refractivity contribution in [2.75, 3.05) is 7.11 Å². The van der Waals surface area contributed by atoms with Gasteiger partial charge in [0.1, 0.15) is 11.7 Å². The summed E-state index contributed by atoms with van der Waals surface area (Å²) in [5, 5.41) is 0. The molecule has 2 aliphatic carbocycles. The van der Waals surface area contributed by atoms with Gasteiger partial charge in [-0.3, -0.25) is 9.59 Å². The second kappa shape index (κ2) is 5.14. The lowest BCUT2D eigenvalue weighted by Gasteiger charge is -2.44. The average Bonchev–Trinajstić information content (AvgIpc) is 2.65. The first-order chi connectivity index (χ1) is 9.19. The minimum absolute atomic E-state index is 0.0377. The standard InChI is InChI=1S/C16H26O4/c1-15(2,3)20-12-7-6-10-13(14(18)19-5)11(17)8-9-16(10,12)4/h10,12-13H,6-9H2,1-5H3. The molecule has 0 aromatic heterocycles. The Morgan fingerprint density at radius 3 is 2.50 bits per heavy atom. The lowest BCUT2D eigenvalue weighted by Crippen LogP contribution is -2.48. The molecule has 0 aromatic rings. The summed E-state index contributed by atoms with van der Waals surface area (Å²) in [5.74, 6) is -0.867. The van der Waals surface area contributed by atoms with Gasteiger partial charge in [0.05, 0.1) is 18.8 Å². The molecule has 0 aliphatic heterocycles. The predicted molar refractivity (Wildman–Crippen MR) is 75.2 cm³/mol. The van der Waals surface area contributed by atoms with Gasteiger partial charge in [0, 0.05) is 6.42 Å². The highest BCUT2D eigenvalue weighted by molar-refractivity contribution is 6.00. The van der Waals surface area contributed by atoms with Gasteiger partial charge in [0.2, 0.25) is 0 Å². The van der Waals surface area contributed by atoms with Gasteiger partial charge in [-0.2, -0.15) is 0 Å². The number of Topliss-reactive ketones (excluding diaryl/α,β-unsaturated/α-hetero) is 1. The van der Waals surface area contributed by atoms with Crippen molar-refractivity contribution in [3.8, 4) is 0 Å². The molecule has 0 aromatic carbocycles. The zero-order chi connectivity index (χ0) is 15.1. The van der Waals surface area contributed by atoms with Crippen LogP contribution in [0.3, 0.4) is 0 Å². The first kappa shape index (κ1) is 15.5. The maximum absolute atomic E-state index is 12.1. The number of esters is 1. The van der Waals surface area contributed by atoms with E-state index < -0.39 is 5.92 Å². The van der Waals surface area contributed by atoms with Crippen molar-refractivity contribution < 1.29 is 19.1 Å². The molecular formula is C16H26O4. The third-order valence-electron chi connectivity index (χ3n) is 4.93. The molecule has 4 heteroatoms. The van der Waals surface area contributed by atoms with E-state index in [0.29, 0.717) is 6.42 Å². The number of hydrogen-bond acceptors (Lipinski definition) is 4. The van der Waals surface area contributed by atoms with Crippen LogP contribution in [0.5, 0.6) is 0 Å². The van der Waals surface area contributed by atoms with Gasteiger partial charge in [-0.25, -0.2) is 0 Å². The molecule has 0 bridgehead atoms. The van der Waals surface area contributed by atoms with Gasteiger partial charge in [-0.15, -0.1) is 0 Å². The van der Waals surface area contributed by atoms with Gasteiger partial charge < -0.3 is 9.47 Å². The van der Waals surface area contributed by atoms with E-state index in [1.54, 1.807) is 0 Å². The minimum atomic E-state index is -0.590. The summed E-state index contributed by atoms with van der Waals surface area (Å²) in [5.41, 5.74) is -0.301. The summed E-state index contributed by atoms with van der Waals surface area (Å²) in [6.45, 7) is 8.32. The second-order valence-corrected chi connectivity index (χ2v) is 7.38. The molecule has 20 heavy (non-hydrogen) atoms.